The minimum atomic E-state index is -0.256. The lowest BCUT2D eigenvalue weighted by Gasteiger charge is -2.25. The number of carbonyl (C=O) groups is 1. The second-order valence-electron chi connectivity index (χ2n) is 6.32. The van der Waals surface area contributed by atoms with E-state index in [0.29, 0.717) is 17.0 Å². The van der Waals surface area contributed by atoms with Crippen LogP contribution in [-0.2, 0) is 18.4 Å². The number of thiophene rings is 1. The third-order valence-corrected chi connectivity index (χ3v) is 5.67. The molecule has 0 spiro atoms. The molecule has 0 saturated carbocycles. The molecule has 1 N–H and O–H groups in total. The van der Waals surface area contributed by atoms with E-state index in [0.717, 1.165) is 17.7 Å². The summed E-state index contributed by atoms with van der Waals surface area (Å²) in [4.78, 5) is 30.5. The van der Waals surface area contributed by atoms with E-state index in [9.17, 15) is 9.59 Å². The maximum Gasteiger partial charge on any atom is 0.264 e. The van der Waals surface area contributed by atoms with Crippen LogP contribution in [-0.4, -0.2) is 25.2 Å². The summed E-state index contributed by atoms with van der Waals surface area (Å²) in [5.74, 6) is 0.163. The number of fused-ring (bicyclic) bond motifs is 1. The van der Waals surface area contributed by atoms with Crippen molar-refractivity contribution in [3.05, 3.63) is 45.3 Å². The molecule has 1 unspecified atom stereocenters. The van der Waals surface area contributed by atoms with Crippen LogP contribution in [0.3, 0.4) is 0 Å². The Kier molecular flexibility index (Phi) is 5.51. The monoisotopic (exact) mass is 373 g/mol. The summed E-state index contributed by atoms with van der Waals surface area (Å²) in [5, 5.41) is 9.59. The molecule has 3 aromatic rings. The SMILES string of the molecule is CCC(CC)C(NC(=O)Cn1cnc2c(cnn2C)c1=O)c1cccs1. The van der Waals surface area contributed by atoms with Crippen molar-refractivity contribution in [1.82, 2.24) is 24.6 Å². The van der Waals surface area contributed by atoms with Gasteiger partial charge in [-0.05, 0) is 17.4 Å². The van der Waals surface area contributed by atoms with Crippen LogP contribution in [0.15, 0.2) is 34.8 Å². The molecular formula is C18H23N5O2S. The number of carbonyl (C=O) groups excluding carboxylic acids is 1. The number of rotatable bonds is 7. The number of aryl methyl sites for hydroxylation is 1. The molecule has 3 aromatic heterocycles. The minimum Gasteiger partial charge on any atom is -0.347 e. The Labute approximate surface area is 155 Å². The zero-order valence-electron chi connectivity index (χ0n) is 15.2. The van der Waals surface area contributed by atoms with Crippen molar-refractivity contribution in [3.63, 3.8) is 0 Å². The van der Waals surface area contributed by atoms with Crippen molar-refractivity contribution in [1.29, 1.82) is 0 Å². The molecule has 0 aliphatic carbocycles. The first kappa shape index (κ1) is 18.3. The molecule has 0 radical (unpaired) electrons. The van der Waals surface area contributed by atoms with Crippen molar-refractivity contribution >= 4 is 28.3 Å². The van der Waals surface area contributed by atoms with Crippen molar-refractivity contribution in [3.8, 4) is 0 Å². The summed E-state index contributed by atoms with van der Waals surface area (Å²) >= 11 is 1.64. The maximum absolute atomic E-state index is 12.6. The Morgan fingerprint density at radius 2 is 2.12 bits per heavy atom. The second-order valence-corrected chi connectivity index (χ2v) is 7.30. The normalized spacial score (nSPS) is 12.6. The molecule has 0 aliphatic rings. The smallest absolute Gasteiger partial charge is 0.264 e. The van der Waals surface area contributed by atoms with Crippen LogP contribution < -0.4 is 10.9 Å². The standard InChI is InChI=1S/C18H23N5O2S/c1-4-12(5-2)16(14-7-6-8-26-14)21-15(24)10-23-11-19-17-13(18(23)25)9-20-22(17)3/h6-9,11-12,16H,4-5,10H2,1-3H3,(H,21,24). The molecule has 7 nitrogen and oxygen atoms in total. The highest BCUT2D eigenvalue weighted by molar-refractivity contribution is 7.10. The molecule has 0 aromatic carbocycles. The van der Waals surface area contributed by atoms with Crippen LogP contribution in [0.2, 0.25) is 0 Å². The third kappa shape index (κ3) is 3.55. The maximum atomic E-state index is 12.6. The fourth-order valence-electron chi connectivity index (χ4n) is 3.20. The van der Waals surface area contributed by atoms with Gasteiger partial charge >= 0.3 is 0 Å². The van der Waals surface area contributed by atoms with Crippen LogP contribution in [0.5, 0.6) is 0 Å². The van der Waals surface area contributed by atoms with Crippen molar-refractivity contribution in [2.75, 3.05) is 0 Å². The van der Waals surface area contributed by atoms with Gasteiger partial charge in [0.25, 0.3) is 5.56 Å². The van der Waals surface area contributed by atoms with E-state index >= 15 is 0 Å². The highest BCUT2D eigenvalue weighted by atomic mass is 32.1. The zero-order valence-corrected chi connectivity index (χ0v) is 16.0. The quantitative estimate of drug-likeness (QED) is 0.690. The lowest BCUT2D eigenvalue weighted by atomic mass is 9.93. The number of hydrogen-bond donors (Lipinski definition) is 1. The zero-order chi connectivity index (χ0) is 18.7. The van der Waals surface area contributed by atoms with Crippen LogP contribution in [0.1, 0.15) is 37.6 Å². The van der Waals surface area contributed by atoms with E-state index in [4.69, 9.17) is 0 Å². The summed E-state index contributed by atoms with van der Waals surface area (Å²) in [6.45, 7) is 4.20. The predicted octanol–water partition coefficient (Wildman–Crippen LogP) is 2.49. The van der Waals surface area contributed by atoms with Gasteiger partial charge in [-0.3, -0.25) is 18.8 Å². The van der Waals surface area contributed by atoms with E-state index in [1.807, 2.05) is 17.5 Å². The van der Waals surface area contributed by atoms with Crippen LogP contribution >= 0.6 is 11.3 Å². The van der Waals surface area contributed by atoms with Gasteiger partial charge in [-0.25, -0.2) is 4.98 Å². The molecule has 0 fully saturated rings. The van der Waals surface area contributed by atoms with Crippen LogP contribution in [0.25, 0.3) is 11.0 Å². The first-order chi connectivity index (χ1) is 12.5. The Balaban J connectivity index is 1.80. The number of nitrogens with zero attached hydrogens (tertiary/aromatic N) is 4. The van der Waals surface area contributed by atoms with E-state index in [-0.39, 0.29) is 24.1 Å². The van der Waals surface area contributed by atoms with Gasteiger partial charge in [0.2, 0.25) is 5.91 Å². The predicted molar refractivity (Wildman–Crippen MR) is 102 cm³/mol. The van der Waals surface area contributed by atoms with Gasteiger partial charge < -0.3 is 5.32 Å². The first-order valence-corrected chi connectivity index (χ1v) is 9.63. The Morgan fingerprint density at radius 1 is 1.35 bits per heavy atom. The molecule has 138 valence electrons. The van der Waals surface area contributed by atoms with E-state index in [1.54, 1.807) is 23.1 Å². The fourth-order valence-corrected chi connectivity index (χ4v) is 4.07. The summed E-state index contributed by atoms with van der Waals surface area (Å²) < 4.78 is 2.87. The molecule has 26 heavy (non-hydrogen) atoms. The van der Waals surface area contributed by atoms with Crippen molar-refractivity contribution < 1.29 is 4.79 Å². The van der Waals surface area contributed by atoms with Gasteiger partial charge in [-0.1, -0.05) is 32.8 Å². The Hall–Kier alpha value is -2.48. The molecule has 8 heteroatoms. The van der Waals surface area contributed by atoms with E-state index in [1.165, 1.54) is 17.1 Å². The molecule has 0 bridgehead atoms. The summed E-state index contributed by atoms with van der Waals surface area (Å²) in [6, 6.07) is 4.00. The van der Waals surface area contributed by atoms with Gasteiger partial charge in [0, 0.05) is 11.9 Å². The minimum absolute atomic E-state index is 0.0386. The summed E-state index contributed by atoms with van der Waals surface area (Å²) in [7, 11) is 1.73. The molecule has 3 rings (SSSR count). The average Bonchev–Trinajstić information content (AvgIpc) is 3.28. The van der Waals surface area contributed by atoms with Gasteiger partial charge in [0.1, 0.15) is 18.3 Å². The topological polar surface area (TPSA) is 81.8 Å². The Bertz CT molecular complexity index is 940. The van der Waals surface area contributed by atoms with E-state index in [2.05, 4.69) is 29.2 Å². The molecule has 1 amide bonds. The van der Waals surface area contributed by atoms with Crippen LogP contribution in [0.4, 0.5) is 0 Å². The number of amides is 1. The highest BCUT2D eigenvalue weighted by Crippen LogP contribution is 2.30. The van der Waals surface area contributed by atoms with E-state index < -0.39 is 0 Å². The van der Waals surface area contributed by atoms with Crippen molar-refractivity contribution in [2.45, 2.75) is 39.3 Å². The lowest BCUT2D eigenvalue weighted by Crippen LogP contribution is -2.37. The molecular weight excluding hydrogens is 350 g/mol. The van der Waals surface area contributed by atoms with Crippen LogP contribution in [0, 0.1) is 5.92 Å². The Morgan fingerprint density at radius 3 is 2.77 bits per heavy atom. The highest BCUT2D eigenvalue weighted by Gasteiger charge is 2.23. The number of aromatic nitrogens is 4. The summed E-state index contributed by atoms with van der Waals surface area (Å²) in [6.07, 6.45) is 4.84. The van der Waals surface area contributed by atoms with Gasteiger partial charge in [-0.2, -0.15) is 5.10 Å². The largest absolute Gasteiger partial charge is 0.347 e. The number of nitrogens with one attached hydrogen (secondary N) is 1. The van der Waals surface area contributed by atoms with Gasteiger partial charge in [0.05, 0.1) is 12.2 Å². The van der Waals surface area contributed by atoms with Gasteiger partial charge in [0.15, 0.2) is 5.65 Å². The molecule has 1 atom stereocenters. The third-order valence-electron chi connectivity index (χ3n) is 4.72. The fraction of sp³-hybridized carbons (Fsp3) is 0.444. The second kappa shape index (κ2) is 7.82. The molecule has 0 aliphatic heterocycles. The van der Waals surface area contributed by atoms with Gasteiger partial charge in [-0.15, -0.1) is 11.3 Å². The van der Waals surface area contributed by atoms with Crippen molar-refractivity contribution in [2.24, 2.45) is 13.0 Å². The first-order valence-electron chi connectivity index (χ1n) is 8.75. The molecule has 0 saturated heterocycles. The number of hydrogen-bond acceptors (Lipinski definition) is 5. The molecule has 3 heterocycles. The average molecular weight is 373 g/mol. The summed E-state index contributed by atoms with van der Waals surface area (Å²) in [5.41, 5.74) is 0.258. The lowest BCUT2D eigenvalue weighted by molar-refractivity contribution is -0.122.